The lowest BCUT2D eigenvalue weighted by molar-refractivity contribution is -0.161. The van der Waals surface area contributed by atoms with E-state index in [9.17, 15) is 43.2 Å². The highest BCUT2D eigenvalue weighted by molar-refractivity contribution is 7.47. The molecule has 0 fully saturated rings. The number of aliphatic hydroxyl groups excluding tert-OH is 1. The first-order valence-electron chi connectivity index (χ1n) is 39.0. The minimum absolute atomic E-state index is 0.107. The number of carbonyl (C=O) groups excluding carboxylic acids is 4. The second-order valence-corrected chi connectivity index (χ2v) is 30.9. The smallest absolute Gasteiger partial charge is 0.462 e. The molecule has 3 N–H and O–H groups in total. The van der Waals surface area contributed by atoms with Gasteiger partial charge in [0, 0.05) is 25.7 Å². The van der Waals surface area contributed by atoms with Crippen molar-refractivity contribution in [3.8, 4) is 0 Å². The zero-order valence-electron chi connectivity index (χ0n) is 61.3. The van der Waals surface area contributed by atoms with Crippen LogP contribution in [0.4, 0.5) is 0 Å². The molecule has 17 nitrogen and oxygen atoms in total. The van der Waals surface area contributed by atoms with Crippen LogP contribution in [-0.2, 0) is 65.4 Å². The van der Waals surface area contributed by atoms with Crippen LogP contribution in [0.15, 0.2) is 0 Å². The van der Waals surface area contributed by atoms with E-state index in [1.807, 2.05) is 0 Å². The predicted molar refractivity (Wildman–Crippen MR) is 381 cm³/mol. The zero-order chi connectivity index (χ0) is 69.3. The molecule has 0 radical (unpaired) electrons. The van der Waals surface area contributed by atoms with Gasteiger partial charge in [-0.1, -0.05) is 337 Å². The second-order valence-electron chi connectivity index (χ2n) is 28.0. The first-order chi connectivity index (χ1) is 45.4. The molecule has 0 saturated heterocycles. The number of phosphoric ester groups is 2. The third-order valence-corrected chi connectivity index (χ3v) is 19.4. The van der Waals surface area contributed by atoms with E-state index in [2.05, 4.69) is 41.5 Å². The molecule has 2 unspecified atom stereocenters. The molecule has 94 heavy (non-hydrogen) atoms. The Kier molecular flexibility index (Phi) is 65.5. The van der Waals surface area contributed by atoms with Gasteiger partial charge in [-0.2, -0.15) is 0 Å². The summed E-state index contributed by atoms with van der Waals surface area (Å²) in [6, 6.07) is 0. The largest absolute Gasteiger partial charge is 0.472 e. The van der Waals surface area contributed by atoms with Crippen LogP contribution in [0.1, 0.15) is 388 Å². The molecule has 558 valence electrons. The Morgan fingerprint density at radius 1 is 0.287 bits per heavy atom. The standard InChI is InChI=1S/C75H146O17P2/c1-7-9-11-13-15-17-19-21-26-30-34-38-45-51-57-72(77)85-63-70(91-74(79)60-54-48-40-36-32-28-24-23-25-29-33-37-43-49-55-67(3)4)65-89-93(81,82)87-61-69(76)62-88-94(83,84)90-66-71(64-86-73(78)58-52-46-42-41-44-50-56-68(5)6)92-75(80)59-53-47-39-35-31-27-22-20-18-16-14-12-10-8-2/h67-71,76H,7-66H2,1-6H3,(H,81,82)(H,83,84)/t69-,70-,71-/m1/s1. The summed E-state index contributed by atoms with van der Waals surface area (Å²) in [7, 11) is -9.91. The Morgan fingerprint density at radius 3 is 0.723 bits per heavy atom. The fraction of sp³-hybridized carbons (Fsp3) is 0.947. The lowest BCUT2D eigenvalue weighted by Gasteiger charge is -2.21. The van der Waals surface area contributed by atoms with Crippen molar-refractivity contribution in [2.45, 2.75) is 407 Å². The highest BCUT2D eigenvalue weighted by atomic mass is 31.2. The fourth-order valence-corrected chi connectivity index (χ4v) is 13.1. The van der Waals surface area contributed by atoms with Crippen LogP contribution in [0, 0.1) is 11.8 Å². The van der Waals surface area contributed by atoms with Crippen LogP contribution in [0.5, 0.6) is 0 Å². The molecule has 0 aliphatic carbocycles. The fourth-order valence-electron chi connectivity index (χ4n) is 11.5. The van der Waals surface area contributed by atoms with Gasteiger partial charge in [0.25, 0.3) is 0 Å². The summed E-state index contributed by atoms with van der Waals surface area (Å²) in [4.78, 5) is 72.7. The maximum atomic E-state index is 13.1. The lowest BCUT2D eigenvalue weighted by Crippen LogP contribution is -2.30. The number of phosphoric acid groups is 2. The van der Waals surface area contributed by atoms with E-state index in [0.29, 0.717) is 31.6 Å². The summed E-state index contributed by atoms with van der Waals surface area (Å²) in [6.45, 7) is 9.54. The average Bonchev–Trinajstić information content (AvgIpc) is 1.17. The number of rotatable bonds is 74. The molecule has 0 aliphatic rings. The first-order valence-corrected chi connectivity index (χ1v) is 42.0. The maximum absolute atomic E-state index is 13.1. The van der Waals surface area contributed by atoms with Crippen LogP contribution in [0.2, 0.25) is 0 Å². The number of esters is 4. The van der Waals surface area contributed by atoms with Crippen LogP contribution in [-0.4, -0.2) is 96.7 Å². The minimum Gasteiger partial charge on any atom is -0.462 e. The van der Waals surface area contributed by atoms with E-state index in [1.165, 1.54) is 199 Å². The van der Waals surface area contributed by atoms with Gasteiger partial charge in [0.1, 0.15) is 19.3 Å². The maximum Gasteiger partial charge on any atom is 0.472 e. The number of carbonyl (C=O) groups is 4. The molecule has 5 atom stereocenters. The molecule has 0 heterocycles. The Bertz CT molecular complexity index is 1820. The van der Waals surface area contributed by atoms with Gasteiger partial charge in [0.15, 0.2) is 12.2 Å². The lowest BCUT2D eigenvalue weighted by atomic mass is 10.0. The van der Waals surface area contributed by atoms with Crippen molar-refractivity contribution in [1.29, 1.82) is 0 Å². The van der Waals surface area contributed by atoms with E-state index in [4.69, 9.17) is 37.0 Å². The zero-order valence-corrected chi connectivity index (χ0v) is 63.1. The van der Waals surface area contributed by atoms with Crippen molar-refractivity contribution in [1.82, 2.24) is 0 Å². The highest BCUT2D eigenvalue weighted by Crippen LogP contribution is 2.45. The summed E-state index contributed by atoms with van der Waals surface area (Å²) < 4.78 is 68.5. The van der Waals surface area contributed by atoms with Crippen LogP contribution in [0.3, 0.4) is 0 Å². The summed E-state index contributed by atoms with van der Waals surface area (Å²) in [6.07, 6.45) is 54.1. The first kappa shape index (κ1) is 92.1. The Balaban J connectivity index is 5.24. The molecule has 0 amide bonds. The monoisotopic (exact) mass is 1380 g/mol. The van der Waals surface area contributed by atoms with Crippen molar-refractivity contribution in [3.05, 3.63) is 0 Å². The molecule has 0 aliphatic heterocycles. The summed E-state index contributed by atoms with van der Waals surface area (Å²) >= 11 is 0. The summed E-state index contributed by atoms with van der Waals surface area (Å²) in [5.41, 5.74) is 0. The number of unbranched alkanes of at least 4 members (excludes halogenated alkanes) is 44. The van der Waals surface area contributed by atoms with Crippen molar-refractivity contribution in [2.24, 2.45) is 11.8 Å². The Hall–Kier alpha value is -1.94. The number of hydrogen-bond donors (Lipinski definition) is 3. The predicted octanol–water partition coefficient (Wildman–Crippen LogP) is 21.9. The van der Waals surface area contributed by atoms with Crippen molar-refractivity contribution >= 4 is 39.5 Å². The molecule has 0 bridgehead atoms. The number of ether oxygens (including phenoxy) is 4. The topological polar surface area (TPSA) is 237 Å². The van der Waals surface area contributed by atoms with E-state index in [-0.39, 0.29) is 25.7 Å². The quantitative estimate of drug-likeness (QED) is 0.0222. The van der Waals surface area contributed by atoms with Crippen molar-refractivity contribution < 1.29 is 80.2 Å². The molecular weight excluding hydrogens is 1230 g/mol. The molecule has 19 heteroatoms. The molecule has 0 rings (SSSR count). The normalized spacial score (nSPS) is 14.0. The van der Waals surface area contributed by atoms with E-state index in [0.717, 1.165) is 102 Å². The van der Waals surface area contributed by atoms with Crippen molar-refractivity contribution in [2.75, 3.05) is 39.6 Å². The molecule has 0 saturated carbocycles. The highest BCUT2D eigenvalue weighted by Gasteiger charge is 2.30. The summed E-state index contributed by atoms with van der Waals surface area (Å²) in [5, 5.41) is 10.6. The molecule has 0 aromatic rings. The molecule has 0 aromatic carbocycles. The van der Waals surface area contributed by atoms with E-state index in [1.54, 1.807) is 0 Å². The van der Waals surface area contributed by atoms with Gasteiger partial charge in [0.2, 0.25) is 0 Å². The summed E-state index contributed by atoms with van der Waals surface area (Å²) in [5.74, 6) is -0.642. The van der Waals surface area contributed by atoms with Gasteiger partial charge >= 0.3 is 39.5 Å². The number of hydrogen-bond acceptors (Lipinski definition) is 15. The van der Waals surface area contributed by atoms with E-state index >= 15 is 0 Å². The Labute approximate surface area is 575 Å². The van der Waals surface area contributed by atoms with E-state index < -0.39 is 97.5 Å². The molecule has 0 spiro atoms. The molecular formula is C75H146O17P2. The SMILES string of the molecule is CCCCCCCCCCCCCCCCC(=O)OC[C@H](COP(=O)(O)OC[C@@H](O)COP(=O)(O)OC[C@@H](COC(=O)CCCCCCCCC(C)C)OC(=O)CCCCCCCCCCCCCCCC)OC(=O)CCCCCCCCCCCCCCCCC(C)C. The van der Waals surface area contributed by atoms with Gasteiger partial charge < -0.3 is 33.8 Å². The second kappa shape index (κ2) is 66.9. The third kappa shape index (κ3) is 68.6. The van der Waals surface area contributed by atoms with Crippen LogP contribution >= 0.6 is 15.6 Å². The Morgan fingerprint density at radius 2 is 0.489 bits per heavy atom. The number of aliphatic hydroxyl groups is 1. The molecule has 0 aromatic heterocycles. The third-order valence-electron chi connectivity index (χ3n) is 17.5. The van der Waals surface area contributed by atoms with Crippen LogP contribution < -0.4 is 0 Å². The van der Waals surface area contributed by atoms with Crippen LogP contribution in [0.25, 0.3) is 0 Å². The van der Waals surface area contributed by atoms with Gasteiger partial charge in [-0.3, -0.25) is 37.3 Å². The van der Waals surface area contributed by atoms with Gasteiger partial charge in [-0.05, 0) is 37.5 Å². The average molecular weight is 1380 g/mol. The minimum atomic E-state index is -4.96. The van der Waals surface area contributed by atoms with Gasteiger partial charge in [0.05, 0.1) is 26.4 Å². The van der Waals surface area contributed by atoms with Crippen molar-refractivity contribution in [3.63, 3.8) is 0 Å². The van der Waals surface area contributed by atoms with Gasteiger partial charge in [-0.15, -0.1) is 0 Å². The van der Waals surface area contributed by atoms with Gasteiger partial charge in [-0.25, -0.2) is 9.13 Å².